The number of hydrogen-bond donors (Lipinski definition) is 2. The van der Waals surface area contributed by atoms with Crippen molar-refractivity contribution in [2.45, 2.75) is 6.92 Å². The molecule has 9 heteroatoms. The number of carbonyl (C=O) groups is 1. The monoisotopic (exact) mass is 502 g/mol. The lowest BCUT2D eigenvalue weighted by Gasteiger charge is -2.14. The number of methoxy groups -OCH3 is 1. The number of nitriles is 1. The quantitative estimate of drug-likeness (QED) is 0.284. The molecule has 0 unspecified atom stereocenters. The number of benzene rings is 3. The summed E-state index contributed by atoms with van der Waals surface area (Å²) in [4.78, 5) is 20.1. The number of ether oxygens (including phenoxy) is 3. The first-order valence-electron chi connectivity index (χ1n) is 11.1. The van der Waals surface area contributed by atoms with Crippen molar-refractivity contribution in [2.75, 3.05) is 25.6 Å². The van der Waals surface area contributed by atoms with E-state index < -0.39 is 5.91 Å². The average Bonchev–Trinajstić information content (AvgIpc) is 3.31. The molecule has 3 aromatic carbocycles. The van der Waals surface area contributed by atoms with Gasteiger partial charge in [-0.2, -0.15) is 5.26 Å². The molecule has 4 rings (SSSR count). The Morgan fingerprint density at radius 3 is 2.67 bits per heavy atom. The number of aromatic nitrogens is 2. The maximum absolute atomic E-state index is 12.5. The van der Waals surface area contributed by atoms with Crippen LogP contribution in [0.2, 0.25) is 5.02 Å². The van der Waals surface area contributed by atoms with Crippen LogP contribution in [0.15, 0.2) is 60.7 Å². The Hall–Kier alpha value is -4.48. The number of amides is 1. The fourth-order valence-corrected chi connectivity index (χ4v) is 3.68. The van der Waals surface area contributed by atoms with Crippen LogP contribution in [0.5, 0.6) is 17.2 Å². The first-order chi connectivity index (χ1) is 17.5. The van der Waals surface area contributed by atoms with Gasteiger partial charge in [0.05, 0.1) is 36.0 Å². The molecular weight excluding hydrogens is 480 g/mol. The minimum atomic E-state index is -0.390. The lowest BCUT2D eigenvalue weighted by Crippen LogP contribution is -2.20. The van der Waals surface area contributed by atoms with Gasteiger partial charge >= 0.3 is 0 Å². The zero-order valence-corrected chi connectivity index (χ0v) is 20.4. The molecule has 8 nitrogen and oxygen atoms in total. The second-order valence-corrected chi connectivity index (χ2v) is 8.03. The van der Waals surface area contributed by atoms with Gasteiger partial charge in [0, 0.05) is 5.02 Å². The van der Waals surface area contributed by atoms with Gasteiger partial charge in [-0.25, -0.2) is 4.98 Å². The third-order valence-electron chi connectivity index (χ3n) is 5.14. The molecule has 0 saturated carbocycles. The van der Waals surface area contributed by atoms with Gasteiger partial charge in [0.15, 0.2) is 18.1 Å². The number of allylic oxidation sites excluding steroid dienone is 1. The summed E-state index contributed by atoms with van der Waals surface area (Å²) < 4.78 is 16.7. The summed E-state index contributed by atoms with van der Waals surface area (Å²) in [6.45, 7) is 1.98. The standard InChI is InChI=1S/C27H23ClN4O4/c1-3-35-25-13-17(12-18(15-29)27-31-20-6-4-5-7-21(20)32-27)8-10-24(25)36-16-26(33)30-22-14-19(28)9-11-23(22)34-2/h4-14H,3,16H2,1-2H3,(H,30,33)(H,31,32)/b18-12+. The highest BCUT2D eigenvalue weighted by atomic mass is 35.5. The fourth-order valence-electron chi connectivity index (χ4n) is 3.51. The number of carbonyl (C=O) groups excluding carboxylic acids is 1. The van der Waals surface area contributed by atoms with E-state index >= 15 is 0 Å². The summed E-state index contributed by atoms with van der Waals surface area (Å²) in [7, 11) is 1.51. The average molecular weight is 503 g/mol. The van der Waals surface area contributed by atoms with Crippen molar-refractivity contribution >= 4 is 45.9 Å². The number of imidazole rings is 1. The molecule has 0 atom stereocenters. The Bertz CT molecular complexity index is 1440. The van der Waals surface area contributed by atoms with Crippen LogP contribution in [-0.4, -0.2) is 36.2 Å². The number of nitrogens with one attached hydrogen (secondary N) is 2. The second kappa shape index (κ2) is 11.3. The zero-order valence-electron chi connectivity index (χ0n) is 19.7. The third-order valence-corrected chi connectivity index (χ3v) is 5.37. The predicted octanol–water partition coefficient (Wildman–Crippen LogP) is 5.71. The van der Waals surface area contributed by atoms with Crippen molar-refractivity contribution in [3.63, 3.8) is 0 Å². The van der Waals surface area contributed by atoms with Crippen molar-refractivity contribution in [3.8, 4) is 23.3 Å². The van der Waals surface area contributed by atoms with E-state index in [0.717, 1.165) is 16.6 Å². The van der Waals surface area contributed by atoms with E-state index in [1.807, 2.05) is 31.2 Å². The van der Waals surface area contributed by atoms with Crippen LogP contribution in [0.4, 0.5) is 5.69 Å². The number of aromatic amines is 1. The van der Waals surface area contributed by atoms with Crippen molar-refractivity contribution in [3.05, 3.63) is 77.1 Å². The largest absolute Gasteiger partial charge is 0.495 e. The van der Waals surface area contributed by atoms with E-state index in [4.69, 9.17) is 25.8 Å². The van der Waals surface area contributed by atoms with E-state index in [-0.39, 0.29) is 6.61 Å². The first-order valence-corrected chi connectivity index (χ1v) is 11.5. The zero-order chi connectivity index (χ0) is 25.5. The highest BCUT2D eigenvalue weighted by molar-refractivity contribution is 6.31. The number of fused-ring (bicyclic) bond motifs is 1. The maximum atomic E-state index is 12.5. The van der Waals surface area contributed by atoms with E-state index in [9.17, 15) is 10.1 Å². The highest BCUT2D eigenvalue weighted by Crippen LogP contribution is 2.31. The molecule has 0 aliphatic rings. The molecule has 1 aromatic heterocycles. The number of rotatable bonds is 9. The number of halogens is 1. The maximum Gasteiger partial charge on any atom is 0.262 e. The van der Waals surface area contributed by atoms with E-state index in [1.54, 1.807) is 42.5 Å². The molecule has 0 aliphatic carbocycles. The minimum Gasteiger partial charge on any atom is -0.495 e. The van der Waals surface area contributed by atoms with Gasteiger partial charge in [0.2, 0.25) is 0 Å². The third kappa shape index (κ3) is 5.77. The number of nitrogens with zero attached hydrogens (tertiary/aromatic N) is 2. The van der Waals surface area contributed by atoms with Crippen LogP contribution in [0.1, 0.15) is 18.3 Å². The van der Waals surface area contributed by atoms with Crippen molar-refractivity contribution < 1.29 is 19.0 Å². The van der Waals surface area contributed by atoms with Gasteiger partial charge in [0.25, 0.3) is 5.91 Å². The van der Waals surface area contributed by atoms with Crippen LogP contribution in [0.25, 0.3) is 22.7 Å². The Labute approximate surface area is 213 Å². The highest BCUT2D eigenvalue weighted by Gasteiger charge is 2.13. The minimum absolute atomic E-state index is 0.257. The summed E-state index contributed by atoms with van der Waals surface area (Å²) in [5, 5.41) is 12.9. The SMILES string of the molecule is CCOc1cc(/C=C(\C#N)c2nc3ccccc3[nH]2)ccc1OCC(=O)Nc1cc(Cl)ccc1OC. The predicted molar refractivity (Wildman–Crippen MR) is 139 cm³/mol. The molecule has 36 heavy (non-hydrogen) atoms. The summed E-state index contributed by atoms with van der Waals surface area (Å²) >= 11 is 6.02. The Kier molecular flexibility index (Phi) is 7.73. The summed E-state index contributed by atoms with van der Waals surface area (Å²) in [5.41, 5.74) is 3.16. The molecule has 0 aliphatic heterocycles. The number of H-pyrrole nitrogens is 1. The molecule has 4 aromatic rings. The van der Waals surface area contributed by atoms with E-state index in [0.29, 0.717) is 46.0 Å². The molecule has 182 valence electrons. The summed E-state index contributed by atoms with van der Waals surface area (Å²) in [6.07, 6.45) is 1.71. The second-order valence-electron chi connectivity index (χ2n) is 7.59. The molecule has 0 bridgehead atoms. The van der Waals surface area contributed by atoms with Gasteiger partial charge in [-0.1, -0.05) is 29.8 Å². The van der Waals surface area contributed by atoms with Crippen molar-refractivity contribution in [2.24, 2.45) is 0 Å². The Morgan fingerprint density at radius 2 is 1.92 bits per heavy atom. The molecule has 2 N–H and O–H groups in total. The van der Waals surface area contributed by atoms with E-state index in [2.05, 4.69) is 21.4 Å². The number of anilines is 1. The van der Waals surface area contributed by atoms with Crippen LogP contribution < -0.4 is 19.5 Å². The van der Waals surface area contributed by atoms with Crippen LogP contribution in [0.3, 0.4) is 0 Å². The molecule has 1 amide bonds. The fraction of sp³-hybridized carbons (Fsp3) is 0.148. The molecule has 0 fully saturated rings. The smallest absolute Gasteiger partial charge is 0.262 e. The Balaban J connectivity index is 1.51. The van der Waals surface area contributed by atoms with Gasteiger partial charge in [0.1, 0.15) is 17.6 Å². The molecule has 0 spiro atoms. The van der Waals surface area contributed by atoms with Gasteiger partial charge in [-0.15, -0.1) is 0 Å². The topological polar surface area (TPSA) is 109 Å². The van der Waals surface area contributed by atoms with Crippen molar-refractivity contribution in [1.29, 1.82) is 5.26 Å². The van der Waals surface area contributed by atoms with Crippen LogP contribution >= 0.6 is 11.6 Å². The molecule has 0 saturated heterocycles. The number of hydrogen-bond acceptors (Lipinski definition) is 6. The van der Waals surface area contributed by atoms with E-state index in [1.165, 1.54) is 7.11 Å². The van der Waals surface area contributed by atoms with Gasteiger partial charge < -0.3 is 24.5 Å². The summed E-state index contributed by atoms with van der Waals surface area (Å²) in [5.74, 6) is 1.41. The van der Waals surface area contributed by atoms with Crippen LogP contribution in [-0.2, 0) is 4.79 Å². The van der Waals surface area contributed by atoms with Gasteiger partial charge in [-0.3, -0.25) is 4.79 Å². The molecular formula is C27H23ClN4O4. The van der Waals surface area contributed by atoms with Gasteiger partial charge in [-0.05, 0) is 61.0 Å². The van der Waals surface area contributed by atoms with Crippen molar-refractivity contribution in [1.82, 2.24) is 9.97 Å². The lowest BCUT2D eigenvalue weighted by atomic mass is 10.1. The summed E-state index contributed by atoms with van der Waals surface area (Å²) in [6, 6.07) is 19.9. The first kappa shape index (κ1) is 24.6. The normalized spacial score (nSPS) is 11.1. The Morgan fingerprint density at radius 1 is 1.11 bits per heavy atom. The molecule has 1 heterocycles. The lowest BCUT2D eigenvalue weighted by molar-refractivity contribution is -0.118. The number of para-hydroxylation sites is 2. The van der Waals surface area contributed by atoms with Crippen LogP contribution in [0, 0.1) is 11.3 Å². The molecule has 0 radical (unpaired) electrons.